The topological polar surface area (TPSA) is 81.1 Å². The van der Waals surface area contributed by atoms with Crippen molar-refractivity contribution in [2.45, 2.75) is 19.8 Å². The molecule has 0 unspecified atom stereocenters. The molecule has 0 aromatic heterocycles. The number of carbonyl (C=O) groups is 2. The smallest absolute Gasteiger partial charge is 0.319 e. The highest BCUT2D eigenvalue weighted by molar-refractivity contribution is 5.75. The maximum atomic E-state index is 11.8. The fourth-order valence-corrected chi connectivity index (χ4v) is 1.29. The van der Waals surface area contributed by atoms with Gasteiger partial charge in [-0.05, 0) is 6.42 Å². The summed E-state index contributed by atoms with van der Waals surface area (Å²) in [6.45, 7) is 2.88. The molecule has 6 heteroatoms. The number of aliphatic carboxylic acids is 1. The largest absolute Gasteiger partial charge is 0.481 e. The number of rotatable bonds is 7. The average Bonchev–Trinajstić information content (AvgIpc) is 2.24. The number of carboxylic acid groups (broad SMARTS) is 1. The fraction of sp³-hybridized carbons (Fsp3) is 0.800. The predicted molar refractivity (Wildman–Crippen MR) is 59.2 cm³/mol. The van der Waals surface area contributed by atoms with E-state index in [1.54, 1.807) is 7.05 Å². The van der Waals surface area contributed by atoms with Crippen molar-refractivity contribution >= 4 is 12.0 Å². The molecule has 0 spiro atoms. The molecule has 0 atom stereocenters. The van der Waals surface area contributed by atoms with E-state index < -0.39 is 5.97 Å². The summed E-state index contributed by atoms with van der Waals surface area (Å²) in [4.78, 5) is 25.0. The summed E-state index contributed by atoms with van der Waals surface area (Å²) in [5.74, 6) is -0.927. The van der Waals surface area contributed by atoms with E-state index in [1.165, 1.54) is 9.80 Å². The van der Waals surface area contributed by atoms with E-state index in [-0.39, 0.29) is 32.1 Å². The van der Waals surface area contributed by atoms with Crippen LogP contribution in [0.5, 0.6) is 0 Å². The van der Waals surface area contributed by atoms with Gasteiger partial charge in [-0.25, -0.2) is 4.79 Å². The van der Waals surface area contributed by atoms with Gasteiger partial charge in [0.15, 0.2) is 0 Å². The predicted octanol–water partition coefficient (Wildman–Crippen LogP) is 0.217. The molecule has 94 valence electrons. The van der Waals surface area contributed by atoms with Crippen LogP contribution in [0.4, 0.5) is 4.79 Å². The Hall–Kier alpha value is -1.30. The van der Waals surface area contributed by atoms with Gasteiger partial charge in [0.05, 0.1) is 13.0 Å². The van der Waals surface area contributed by atoms with E-state index in [2.05, 4.69) is 0 Å². The third-order valence-corrected chi connectivity index (χ3v) is 2.12. The quantitative estimate of drug-likeness (QED) is 0.658. The van der Waals surface area contributed by atoms with Gasteiger partial charge in [-0.1, -0.05) is 6.92 Å². The summed E-state index contributed by atoms with van der Waals surface area (Å²) < 4.78 is 0. The number of aliphatic hydroxyl groups excluding tert-OH is 1. The second kappa shape index (κ2) is 7.92. The first kappa shape index (κ1) is 14.7. The van der Waals surface area contributed by atoms with Gasteiger partial charge >= 0.3 is 12.0 Å². The zero-order valence-corrected chi connectivity index (χ0v) is 9.85. The summed E-state index contributed by atoms with van der Waals surface area (Å²) in [5.41, 5.74) is 0. The van der Waals surface area contributed by atoms with Gasteiger partial charge in [0.2, 0.25) is 0 Å². The second-order valence-corrected chi connectivity index (χ2v) is 3.56. The Morgan fingerprint density at radius 3 is 2.25 bits per heavy atom. The minimum absolute atomic E-state index is 0.0681. The highest BCUT2D eigenvalue weighted by Gasteiger charge is 2.16. The maximum absolute atomic E-state index is 11.8. The molecule has 0 heterocycles. The van der Waals surface area contributed by atoms with Crippen molar-refractivity contribution in [1.82, 2.24) is 9.80 Å². The van der Waals surface area contributed by atoms with Crippen molar-refractivity contribution in [2.75, 3.05) is 33.3 Å². The molecule has 2 N–H and O–H groups in total. The van der Waals surface area contributed by atoms with E-state index in [1.807, 2.05) is 6.92 Å². The molecule has 6 nitrogen and oxygen atoms in total. The number of carbonyl (C=O) groups excluding carboxylic acids is 1. The Labute approximate surface area is 95.5 Å². The summed E-state index contributed by atoms with van der Waals surface area (Å²) >= 11 is 0. The van der Waals surface area contributed by atoms with Crippen molar-refractivity contribution in [3.63, 3.8) is 0 Å². The molecule has 0 aliphatic carbocycles. The third kappa shape index (κ3) is 5.55. The monoisotopic (exact) mass is 232 g/mol. The molecule has 0 aliphatic rings. The van der Waals surface area contributed by atoms with Gasteiger partial charge in [0.1, 0.15) is 0 Å². The Morgan fingerprint density at radius 2 is 1.81 bits per heavy atom. The Balaban J connectivity index is 4.18. The SMILES string of the molecule is CCCN(CCO)C(=O)N(C)CCC(=O)O. The van der Waals surface area contributed by atoms with Crippen LogP contribution in [0.2, 0.25) is 0 Å². The lowest BCUT2D eigenvalue weighted by Gasteiger charge is -2.27. The van der Waals surface area contributed by atoms with E-state index in [0.717, 1.165) is 6.42 Å². The number of carboxylic acids is 1. The molecule has 0 saturated carbocycles. The number of hydrogen-bond donors (Lipinski definition) is 2. The summed E-state index contributed by atoms with van der Waals surface area (Å²) in [6.07, 6.45) is 0.736. The molecular weight excluding hydrogens is 212 g/mol. The normalized spacial score (nSPS) is 9.94. The minimum atomic E-state index is -0.927. The first-order valence-electron chi connectivity index (χ1n) is 5.35. The zero-order valence-electron chi connectivity index (χ0n) is 9.85. The van der Waals surface area contributed by atoms with Crippen LogP contribution in [0.1, 0.15) is 19.8 Å². The van der Waals surface area contributed by atoms with Crippen LogP contribution in [0.15, 0.2) is 0 Å². The molecule has 0 bridgehead atoms. The average molecular weight is 232 g/mol. The maximum Gasteiger partial charge on any atom is 0.319 e. The van der Waals surface area contributed by atoms with Crippen LogP contribution in [0, 0.1) is 0 Å². The van der Waals surface area contributed by atoms with Crippen molar-refractivity contribution < 1.29 is 19.8 Å². The Bertz CT molecular complexity index is 227. The molecule has 0 saturated heterocycles. The van der Waals surface area contributed by atoms with Crippen LogP contribution >= 0.6 is 0 Å². The van der Waals surface area contributed by atoms with Crippen LogP contribution in [-0.2, 0) is 4.79 Å². The summed E-state index contributed by atoms with van der Waals surface area (Å²) in [6, 6.07) is -0.239. The highest BCUT2D eigenvalue weighted by Crippen LogP contribution is 1.99. The highest BCUT2D eigenvalue weighted by atomic mass is 16.4. The van der Waals surface area contributed by atoms with E-state index >= 15 is 0 Å². The molecule has 0 aromatic carbocycles. The van der Waals surface area contributed by atoms with Crippen molar-refractivity contribution in [2.24, 2.45) is 0 Å². The molecule has 0 rings (SSSR count). The molecule has 16 heavy (non-hydrogen) atoms. The minimum Gasteiger partial charge on any atom is -0.481 e. The second-order valence-electron chi connectivity index (χ2n) is 3.56. The van der Waals surface area contributed by atoms with Crippen molar-refractivity contribution in [1.29, 1.82) is 0 Å². The number of hydrogen-bond acceptors (Lipinski definition) is 3. The summed E-state index contributed by atoms with van der Waals surface area (Å²) in [5, 5.41) is 17.3. The zero-order chi connectivity index (χ0) is 12.6. The van der Waals surface area contributed by atoms with Crippen molar-refractivity contribution in [3.8, 4) is 0 Å². The number of urea groups is 1. The van der Waals surface area contributed by atoms with Crippen LogP contribution in [0.3, 0.4) is 0 Å². The van der Waals surface area contributed by atoms with Crippen LogP contribution in [0.25, 0.3) is 0 Å². The Morgan fingerprint density at radius 1 is 1.19 bits per heavy atom. The van der Waals surface area contributed by atoms with Gasteiger partial charge in [0, 0.05) is 26.7 Å². The van der Waals surface area contributed by atoms with Gasteiger partial charge in [0.25, 0.3) is 0 Å². The molecule has 0 aromatic rings. The number of aliphatic hydroxyl groups is 1. The van der Waals surface area contributed by atoms with Gasteiger partial charge in [-0.15, -0.1) is 0 Å². The van der Waals surface area contributed by atoms with E-state index in [9.17, 15) is 9.59 Å². The van der Waals surface area contributed by atoms with E-state index in [0.29, 0.717) is 6.54 Å². The number of nitrogens with zero attached hydrogens (tertiary/aromatic N) is 2. The lowest BCUT2D eigenvalue weighted by Crippen LogP contribution is -2.43. The van der Waals surface area contributed by atoms with Gasteiger partial charge in [-0.2, -0.15) is 0 Å². The van der Waals surface area contributed by atoms with Crippen LogP contribution in [-0.4, -0.2) is 65.3 Å². The van der Waals surface area contributed by atoms with Gasteiger partial charge in [-0.3, -0.25) is 4.79 Å². The molecule has 0 aliphatic heterocycles. The lowest BCUT2D eigenvalue weighted by atomic mass is 10.4. The molecular formula is C10H20N2O4. The Kier molecular flexibility index (Phi) is 7.28. The number of amides is 2. The molecule has 0 fully saturated rings. The van der Waals surface area contributed by atoms with Crippen LogP contribution < -0.4 is 0 Å². The van der Waals surface area contributed by atoms with E-state index in [4.69, 9.17) is 10.2 Å². The standard InChI is InChI=1S/C10H20N2O4/c1-3-5-12(7-8-13)10(16)11(2)6-4-9(14)15/h13H,3-8H2,1-2H3,(H,14,15). The fourth-order valence-electron chi connectivity index (χ4n) is 1.29. The van der Waals surface area contributed by atoms with Crippen molar-refractivity contribution in [3.05, 3.63) is 0 Å². The summed E-state index contributed by atoms with van der Waals surface area (Å²) in [7, 11) is 1.56. The molecule has 2 amide bonds. The lowest BCUT2D eigenvalue weighted by molar-refractivity contribution is -0.137. The molecule has 0 radical (unpaired) electrons. The first-order valence-corrected chi connectivity index (χ1v) is 5.35. The first-order chi connectivity index (χ1) is 7.52. The van der Waals surface area contributed by atoms with Gasteiger partial charge < -0.3 is 20.0 Å². The third-order valence-electron chi connectivity index (χ3n) is 2.12.